The van der Waals surface area contributed by atoms with E-state index in [9.17, 15) is 5.11 Å². The lowest BCUT2D eigenvalue weighted by Gasteiger charge is -2.29. The van der Waals surface area contributed by atoms with E-state index in [1.54, 1.807) is 11.3 Å². The minimum absolute atomic E-state index is 0.106. The second-order valence-corrected chi connectivity index (χ2v) is 5.26. The molecule has 0 aromatic carbocycles. The van der Waals surface area contributed by atoms with Gasteiger partial charge in [0, 0.05) is 18.5 Å². The average molecular weight is 226 g/mol. The summed E-state index contributed by atoms with van der Waals surface area (Å²) in [5.41, 5.74) is 1.18. The maximum atomic E-state index is 9.42. The average Bonchev–Trinajstić information content (AvgIpc) is 2.68. The van der Waals surface area contributed by atoms with Crippen molar-refractivity contribution in [3.05, 3.63) is 11.1 Å². The fraction of sp³-hybridized carbons (Fsp3) is 0.727. The molecule has 1 saturated heterocycles. The third kappa shape index (κ3) is 2.49. The Morgan fingerprint density at radius 2 is 2.13 bits per heavy atom. The number of aliphatic hydroxyl groups is 1. The van der Waals surface area contributed by atoms with Crippen molar-refractivity contribution < 1.29 is 5.11 Å². The van der Waals surface area contributed by atoms with Crippen LogP contribution in [0.1, 0.15) is 38.3 Å². The Kier molecular flexibility index (Phi) is 3.26. The molecule has 1 fully saturated rings. The lowest BCUT2D eigenvalue weighted by Crippen LogP contribution is -2.35. The van der Waals surface area contributed by atoms with Crippen molar-refractivity contribution in [2.45, 2.75) is 38.7 Å². The molecular formula is C11H18N2OS. The zero-order valence-corrected chi connectivity index (χ0v) is 10.1. The van der Waals surface area contributed by atoms with Gasteiger partial charge in [-0.15, -0.1) is 11.3 Å². The number of thiazole rings is 1. The summed E-state index contributed by atoms with van der Waals surface area (Å²) in [6, 6.07) is 0. The number of anilines is 1. The van der Waals surface area contributed by atoms with Crippen LogP contribution in [0, 0.1) is 0 Å². The van der Waals surface area contributed by atoms with Crippen LogP contribution < -0.4 is 4.90 Å². The van der Waals surface area contributed by atoms with E-state index >= 15 is 0 Å². The zero-order chi connectivity index (χ0) is 10.8. The molecule has 1 aromatic rings. The standard InChI is InChI=1S/C11H18N2OS/c1-8(2)10-7-15-11(12-10)13-5-3-9(14)4-6-13/h7-9,14H,3-6H2,1-2H3. The highest BCUT2D eigenvalue weighted by Gasteiger charge is 2.19. The number of nitrogens with zero attached hydrogens (tertiary/aromatic N) is 2. The SMILES string of the molecule is CC(C)c1csc(N2CCC(O)CC2)n1. The Balaban J connectivity index is 2.03. The topological polar surface area (TPSA) is 36.4 Å². The first-order chi connectivity index (χ1) is 7.16. The van der Waals surface area contributed by atoms with E-state index in [1.807, 2.05) is 0 Å². The molecule has 1 aromatic heterocycles. The van der Waals surface area contributed by atoms with Crippen molar-refractivity contribution >= 4 is 16.5 Å². The highest BCUT2D eigenvalue weighted by Crippen LogP contribution is 2.26. The van der Waals surface area contributed by atoms with Crippen LogP contribution in [0.3, 0.4) is 0 Å². The first kappa shape index (κ1) is 10.9. The van der Waals surface area contributed by atoms with Gasteiger partial charge in [0.25, 0.3) is 0 Å². The predicted molar refractivity (Wildman–Crippen MR) is 63.7 cm³/mol. The van der Waals surface area contributed by atoms with Gasteiger partial charge in [0.1, 0.15) is 0 Å². The lowest BCUT2D eigenvalue weighted by molar-refractivity contribution is 0.145. The molecule has 2 rings (SSSR count). The molecule has 1 aliphatic rings. The third-order valence-corrected chi connectivity index (χ3v) is 3.76. The van der Waals surface area contributed by atoms with Gasteiger partial charge in [-0.25, -0.2) is 4.98 Å². The van der Waals surface area contributed by atoms with Gasteiger partial charge in [-0.1, -0.05) is 13.8 Å². The Bertz CT molecular complexity index is 316. The fourth-order valence-electron chi connectivity index (χ4n) is 1.74. The van der Waals surface area contributed by atoms with Crippen LogP contribution in [-0.2, 0) is 0 Å². The van der Waals surface area contributed by atoms with Gasteiger partial charge in [-0.05, 0) is 18.8 Å². The second-order valence-electron chi connectivity index (χ2n) is 4.43. The van der Waals surface area contributed by atoms with Gasteiger partial charge in [-0.2, -0.15) is 0 Å². The molecule has 0 atom stereocenters. The second kappa shape index (κ2) is 4.49. The summed E-state index contributed by atoms with van der Waals surface area (Å²) >= 11 is 1.72. The number of piperidine rings is 1. The van der Waals surface area contributed by atoms with E-state index in [0.717, 1.165) is 31.1 Å². The molecular weight excluding hydrogens is 208 g/mol. The van der Waals surface area contributed by atoms with Crippen LogP contribution in [0.5, 0.6) is 0 Å². The van der Waals surface area contributed by atoms with Crippen LogP contribution in [0.4, 0.5) is 5.13 Å². The molecule has 0 radical (unpaired) electrons. The van der Waals surface area contributed by atoms with Crippen LogP contribution in [0.2, 0.25) is 0 Å². The van der Waals surface area contributed by atoms with E-state index in [1.165, 1.54) is 5.69 Å². The third-order valence-electron chi connectivity index (χ3n) is 2.84. The van der Waals surface area contributed by atoms with Gasteiger partial charge < -0.3 is 10.0 Å². The first-order valence-electron chi connectivity index (χ1n) is 5.55. The van der Waals surface area contributed by atoms with Gasteiger partial charge in [0.05, 0.1) is 11.8 Å². The summed E-state index contributed by atoms with van der Waals surface area (Å²) in [6.45, 7) is 6.20. The summed E-state index contributed by atoms with van der Waals surface area (Å²) in [4.78, 5) is 6.90. The van der Waals surface area contributed by atoms with Gasteiger partial charge in [-0.3, -0.25) is 0 Å². The van der Waals surface area contributed by atoms with Crippen molar-refractivity contribution in [1.82, 2.24) is 4.98 Å². The first-order valence-corrected chi connectivity index (χ1v) is 6.43. The van der Waals surface area contributed by atoms with Crippen LogP contribution in [0.15, 0.2) is 5.38 Å². The molecule has 2 heterocycles. The largest absolute Gasteiger partial charge is 0.393 e. The molecule has 3 nitrogen and oxygen atoms in total. The highest BCUT2D eigenvalue weighted by atomic mass is 32.1. The van der Waals surface area contributed by atoms with Crippen LogP contribution >= 0.6 is 11.3 Å². The molecule has 84 valence electrons. The van der Waals surface area contributed by atoms with Crippen LogP contribution in [0.25, 0.3) is 0 Å². The molecule has 1 N–H and O–H groups in total. The predicted octanol–water partition coefficient (Wildman–Crippen LogP) is 2.23. The Morgan fingerprint density at radius 3 is 2.67 bits per heavy atom. The number of hydrogen-bond acceptors (Lipinski definition) is 4. The normalized spacial score (nSPS) is 18.8. The van der Waals surface area contributed by atoms with Gasteiger partial charge in [0.15, 0.2) is 5.13 Å². The highest BCUT2D eigenvalue weighted by molar-refractivity contribution is 7.13. The van der Waals surface area contributed by atoms with E-state index in [0.29, 0.717) is 5.92 Å². The maximum Gasteiger partial charge on any atom is 0.185 e. The summed E-state index contributed by atoms with van der Waals surface area (Å²) in [6.07, 6.45) is 1.64. The summed E-state index contributed by atoms with van der Waals surface area (Å²) in [5.74, 6) is 0.505. The van der Waals surface area contributed by atoms with Crippen molar-refractivity contribution in [3.63, 3.8) is 0 Å². The number of aliphatic hydroxyl groups excluding tert-OH is 1. The maximum absolute atomic E-state index is 9.42. The lowest BCUT2D eigenvalue weighted by atomic mass is 10.1. The summed E-state index contributed by atoms with van der Waals surface area (Å²) in [7, 11) is 0. The van der Waals surface area contributed by atoms with E-state index in [-0.39, 0.29) is 6.10 Å². The van der Waals surface area contributed by atoms with E-state index in [4.69, 9.17) is 0 Å². The minimum Gasteiger partial charge on any atom is -0.393 e. The Hall–Kier alpha value is -0.610. The summed E-state index contributed by atoms with van der Waals surface area (Å²) in [5, 5.41) is 12.7. The van der Waals surface area contributed by atoms with Crippen molar-refractivity contribution in [1.29, 1.82) is 0 Å². The quantitative estimate of drug-likeness (QED) is 0.840. The van der Waals surface area contributed by atoms with E-state index in [2.05, 4.69) is 29.1 Å². The minimum atomic E-state index is -0.106. The van der Waals surface area contributed by atoms with Gasteiger partial charge in [0.2, 0.25) is 0 Å². The molecule has 4 heteroatoms. The number of rotatable bonds is 2. The van der Waals surface area contributed by atoms with Crippen LogP contribution in [-0.4, -0.2) is 29.3 Å². The van der Waals surface area contributed by atoms with Crippen molar-refractivity contribution in [2.75, 3.05) is 18.0 Å². The Morgan fingerprint density at radius 1 is 1.47 bits per heavy atom. The summed E-state index contributed by atoms with van der Waals surface area (Å²) < 4.78 is 0. The molecule has 1 aliphatic heterocycles. The monoisotopic (exact) mass is 226 g/mol. The molecule has 0 saturated carbocycles. The molecule has 15 heavy (non-hydrogen) atoms. The fourth-order valence-corrected chi connectivity index (χ4v) is 2.78. The smallest absolute Gasteiger partial charge is 0.185 e. The molecule has 0 aliphatic carbocycles. The molecule has 0 amide bonds. The van der Waals surface area contributed by atoms with Crippen molar-refractivity contribution in [2.24, 2.45) is 0 Å². The Labute approximate surface area is 94.8 Å². The van der Waals surface area contributed by atoms with E-state index < -0.39 is 0 Å². The zero-order valence-electron chi connectivity index (χ0n) is 9.31. The molecule has 0 bridgehead atoms. The number of aromatic nitrogens is 1. The van der Waals surface area contributed by atoms with Crippen molar-refractivity contribution in [3.8, 4) is 0 Å². The molecule has 0 unspecified atom stereocenters. The van der Waals surface area contributed by atoms with Gasteiger partial charge >= 0.3 is 0 Å². The molecule has 0 spiro atoms. The number of hydrogen-bond donors (Lipinski definition) is 1.